The number of aromatic nitrogens is 1. The number of carbonyl (C=O) groups is 4. The molecule has 3 aromatic rings. The van der Waals surface area contributed by atoms with Crippen LogP contribution < -0.4 is 19.7 Å². The van der Waals surface area contributed by atoms with E-state index in [1.165, 1.54) is 31.4 Å². The third kappa shape index (κ3) is 5.07. The molecule has 1 fully saturated rings. The standard InChI is InChI=1S/C25H21N3O9S2/c1-36-15-8-11(2-7-14(15)37-10-16(30)26-12-3-5-13(29)6-4-12)18-19-21(38-22-20(18)39-25(35)27-22)24(34)28(23(19)33)9-17(31)32/h2-8,18-19,21,29H,9-10H2,1H3,(H,26,30)(H,27,35)(H,31,32)/t18-,19?,21?/m0/s1. The van der Waals surface area contributed by atoms with Crippen LogP contribution >= 0.6 is 23.1 Å². The summed E-state index contributed by atoms with van der Waals surface area (Å²) in [5.74, 6) is -4.08. The Balaban J connectivity index is 1.42. The normalized spacial score (nSPS) is 19.8. The van der Waals surface area contributed by atoms with Crippen molar-refractivity contribution in [3.05, 3.63) is 62.6 Å². The molecule has 39 heavy (non-hydrogen) atoms. The van der Waals surface area contributed by atoms with Crippen LogP contribution in [-0.2, 0) is 19.2 Å². The Morgan fingerprint density at radius 1 is 1.08 bits per heavy atom. The van der Waals surface area contributed by atoms with Crippen molar-refractivity contribution in [2.24, 2.45) is 5.92 Å². The van der Waals surface area contributed by atoms with E-state index >= 15 is 0 Å². The van der Waals surface area contributed by atoms with Gasteiger partial charge in [-0.15, -0.1) is 0 Å². The van der Waals surface area contributed by atoms with Crippen LogP contribution in [0.1, 0.15) is 16.4 Å². The number of likely N-dealkylation sites (tertiary alicyclic amines) is 1. The number of thiazole rings is 1. The van der Waals surface area contributed by atoms with Crippen LogP contribution in [0, 0.1) is 5.92 Å². The number of phenolic OH excluding ortho intramolecular Hbond substituents is 1. The molecular weight excluding hydrogens is 550 g/mol. The molecule has 0 radical (unpaired) electrons. The number of imide groups is 1. The predicted octanol–water partition coefficient (Wildman–Crippen LogP) is 1.84. The highest BCUT2D eigenvalue weighted by molar-refractivity contribution is 8.00. The van der Waals surface area contributed by atoms with Crippen LogP contribution in [-0.4, -0.2) is 69.3 Å². The maximum absolute atomic E-state index is 13.3. The first-order valence-electron chi connectivity index (χ1n) is 11.5. The number of carboxylic acids is 1. The number of fused-ring (bicyclic) bond motifs is 2. The number of carbonyl (C=O) groups excluding carboxylic acids is 3. The third-order valence-corrected chi connectivity index (χ3v) is 8.67. The molecule has 1 saturated heterocycles. The topological polar surface area (TPSA) is 175 Å². The first kappa shape index (κ1) is 26.3. The van der Waals surface area contributed by atoms with Gasteiger partial charge < -0.3 is 30.0 Å². The number of methoxy groups -OCH3 is 1. The molecule has 14 heteroatoms. The summed E-state index contributed by atoms with van der Waals surface area (Å²) < 4.78 is 11.1. The molecule has 5 rings (SSSR count). The number of amides is 3. The minimum Gasteiger partial charge on any atom is -0.508 e. The lowest BCUT2D eigenvalue weighted by Crippen LogP contribution is -2.36. The number of aliphatic carboxylic acids is 1. The largest absolute Gasteiger partial charge is 0.508 e. The highest BCUT2D eigenvalue weighted by Gasteiger charge is 2.56. The van der Waals surface area contributed by atoms with E-state index in [9.17, 15) is 34.2 Å². The van der Waals surface area contributed by atoms with E-state index in [4.69, 9.17) is 9.47 Å². The highest BCUT2D eigenvalue weighted by atomic mass is 32.2. The lowest BCUT2D eigenvalue weighted by Gasteiger charge is -2.30. The number of aromatic amines is 1. The maximum Gasteiger partial charge on any atom is 0.323 e. The van der Waals surface area contributed by atoms with Gasteiger partial charge in [-0.3, -0.25) is 28.9 Å². The zero-order chi connectivity index (χ0) is 27.8. The Morgan fingerprint density at radius 3 is 2.51 bits per heavy atom. The first-order chi connectivity index (χ1) is 18.7. The minimum absolute atomic E-state index is 0.0641. The number of nitrogens with one attached hydrogen (secondary N) is 2. The van der Waals surface area contributed by atoms with Crippen LogP contribution in [0.2, 0.25) is 0 Å². The molecular formula is C25H21N3O9S2. The fourth-order valence-corrected chi connectivity index (χ4v) is 7.14. The average molecular weight is 572 g/mol. The van der Waals surface area contributed by atoms with Crippen molar-refractivity contribution < 1.29 is 38.9 Å². The number of phenols is 1. The lowest BCUT2D eigenvalue weighted by molar-refractivity contribution is -0.149. The quantitative estimate of drug-likeness (QED) is 0.231. The van der Waals surface area contributed by atoms with E-state index in [0.717, 1.165) is 28.0 Å². The SMILES string of the molecule is COc1cc([C@@H]2c3sc(=O)[nH]c3SC3C(=O)N(CC(=O)O)C(=O)C32)ccc1OCC(=O)Nc1ccc(O)cc1. The molecule has 12 nitrogen and oxygen atoms in total. The van der Waals surface area contributed by atoms with E-state index in [2.05, 4.69) is 10.3 Å². The second-order valence-electron chi connectivity index (χ2n) is 8.70. The summed E-state index contributed by atoms with van der Waals surface area (Å²) in [5, 5.41) is 20.8. The molecule has 0 bridgehead atoms. The number of nitrogens with zero attached hydrogens (tertiary/aromatic N) is 1. The minimum atomic E-state index is -1.31. The van der Waals surface area contributed by atoms with Gasteiger partial charge in [0, 0.05) is 16.5 Å². The Morgan fingerprint density at radius 2 is 1.82 bits per heavy atom. The molecule has 3 atom stereocenters. The van der Waals surface area contributed by atoms with Gasteiger partial charge in [0.05, 0.1) is 18.1 Å². The molecule has 0 aliphatic carbocycles. The molecule has 202 valence electrons. The fraction of sp³-hybridized carbons (Fsp3) is 0.240. The molecule has 2 aliphatic heterocycles. The Labute approximate surface area is 228 Å². The highest BCUT2D eigenvalue weighted by Crippen LogP contribution is 2.53. The Kier molecular flexibility index (Phi) is 7.06. The van der Waals surface area contributed by atoms with Gasteiger partial charge in [0.25, 0.3) is 5.91 Å². The summed E-state index contributed by atoms with van der Waals surface area (Å²) in [6.45, 7) is -1.09. The summed E-state index contributed by atoms with van der Waals surface area (Å²) in [6.07, 6.45) is 0. The van der Waals surface area contributed by atoms with Gasteiger partial charge in [0.2, 0.25) is 11.8 Å². The number of rotatable bonds is 8. The Bertz CT molecular complexity index is 1530. The molecule has 0 saturated carbocycles. The van der Waals surface area contributed by atoms with Crippen LogP contribution in [0.3, 0.4) is 0 Å². The molecule has 3 heterocycles. The second kappa shape index (κ2) is 10.5. The van der Waals surface area contributed by atoms with Crippen molar-refractivity contribution in [3.63, 3.8) is 0 Å². The van der Waals surface area contributed by atoms with Gasteiger partial charge in [0.15, 0.2) is 18.1 Å². The van der Waals surface area contributed by atoms with Crippen molar-refractivity contribution in [1.29, 1.82) is 0 Å². The van der Waals surface area contributed by atoms with Crippen molar-refractivity contribution in [3.8, 4) is 17.2 Å². The summed E-state index contributed by atoms with van der Waals surface area (Å²) in [6, 6.07) is 10.8. The van der Waals surface area contributed by atoms with E-state index in [1.807, 2.05) is 0 Å². The molecule has 4 N–H and O–H groups in total. The lowest BCUT2D eigenvalue weighted by atomic mass is 9.83. The predicted molar refractivity (Wildman–Crippen MR) is 139 cm³/mol. The molecule has 0 spiro atoms. The second-order valence-corrected chi connectivity index (χ2v) is 10.9. The molecule has 2 unspecified atom stereocenters. The number of hydrogen-bond acceptors (Lipinski definition) is 10. The van der Waals surface area contributed by atoms with Gasteiger partial charge in [-0.05, 0) is 42.0 Å². The van der Waals surface area contributed by atoms with Crippen LogP contribution in [0.5, 0.6) is 17.2 Å². The van der Waals surface area contributed by atoms with E-state index in [-0.39, 0.29) is 28.7 Å². The number of aromatic hydroxyl groups is 1. The number of benzene rings is 2. The van der Waals surface area contributed by atoms with Gasteiger partial charge in [-0.1, -0.05) is 29.2 Å². The molecule has 1 aromatic heterocycles. The summed E-state index contributed by atoms with van der Waals surface area (Å²) in [7, 11) is 1.40. The average Bonchev–Trinajstić information content (AvgIpc) is 3.39. The van der Waals surface area contributed by atoms with Gasteiger partial charge in [-0.25, -0.2) is 0 Å². The van der Waals surface area contributed by atoms with Crippen LogP contribution in [0.15, 0.2) is 52.3 Å². The third-order valence-electron chi connectivity index (χ3n) is 6.27. The van der Waals surface area contributed by atoms with Crippen molar-refractivity contribution in [2.75, 3.05) is 25.6 Å². The summed E-state index contributed by atoms with van der Waals surface area (Å²) >= 11 is 1.97. The first-order valence-corrected chi connectivity index (χ1v) is 13.2. The molecule has 3 amide bonds. The summed E-state index contributed by atoms with van der Waals surface area (Å²) in [5.41, 5.74) is 1.03. The van der Waals surface area contributed by atoms with Crippen molar-refractivity contribution in [1.82, 2.24) is 9.88 Å². The Hall–Kier alpha value is -4.30. The number of anilines is 1. The van der Waals surface area contributed by atoms with Crippen molar-refractivity contribution >= 4 is 52.5 Å². The van der Waals surface area contributed by atoms with Crippen LogP contribution in [0.4, 0.5) is 5.69 Å². The number of carboxylic acid groups (broad SMARTS) is 1. The maximum atomic E-state index is 13.3. The van der Waals surface area contributed by atoms with E-state index in [1.54, 1.807) is 18.2 Å². The number of hydrogen-bond donors (Lipinski definition) is 4. The summed E-state index contributed by atoms with van der Waals surface area (Å²) in [4.78, 5) is 65.8. The zero-order valence-corrected chi connectivity index (χ0v) is 21.8. The van der Waals surface area contributed by atoms with Gasteiger partial charge in [0.1, 0.15) is 17.5 Å². The number of ether oxygens (including phenoxy) is 2. The smallest absolute Gasteiger partial charge is 0.323 e. The molecule has 2 aromatic carbocycles. The molecule has 2 aliphatic rings. The van der Waals surface area contributed by atoms with E-state index in [0.29, 0.717) is 21.2 Å². The number of thioether (sulfide) groups is 1. The number of H-pyrrole nitrogens is 1. The zero-order valence-electron chi connectivity index (χ0n) is 20.2. The monoisotopic (exact) mass is 571 g/mol. The fourth-order valence-electron chi connectivity index (χ4n) is 4.61. The van der Waals surface area contributed by atoms with Gasteiger partial charge in [-0.2, -0.15) is 0 Å². The van der Waals surface area contributed by atoms with Crippen molar-refractivity contribution in [2.45, 2.75) is 16.2 Å². The van der Waals surface area contributed by atoms with Gasteiger partial charge >= 0.3 is 10.8 Å². The van der Waals surface area contributed by atoms with E-state index < -0.39 is 47.3 Å². The van der Waals surface area contributed by atoms with Crippen LogP contribution in [0.25, 0.3) is 0 Å².